The van der Waals surface area contributed by atoms with Crippen LogP contribution in [0, 0.1) is 0 Å². The summed E-state index contributed by atoms with van der Waals surface area (Å²) in [5.74, 6) is -0.471. The summed E-state index contributed by atoms with van der Waals surface area (Å²) in [6.07, 6.45) is -0.200. The SMILES string of the molecule is COCc1cnc(C(=O)c2ncnc3[nH]ccc23)c(NSc2ccc(Cl)c(C(F)(F)F)c2)c1. The van der Waals surface area contributed by atoms with E-state index in [1.807, 2.05) is 0 Å². The molecule has 0 aliphatic heterocycles. The van der Waals surface area contributed by atoms with Gasteiger partial charge in [-0.05, 0) is 47.8 Å². The molecule has 0 saturated carbocycles. The number of aromatic nitrogens is 4. The Bertz CT molecular complexity index is 1330. The van der Waals surface area contributed by atoms with Crippen LogP contribution in [-0.4, -0.2) is 32.8 Å². The van der Waals surface area contributed by atoms with E-state index < -0.39 is 22.5 Å². The van der Waals surface area contributed by atoms with Crippen molar-refractivity contribution in [2.45, 2.75) is 17.7 Å². The van der Waals surface area contributed by atoms with Gasteiger partial charge in [0.15, 0.2) is 0 Å². The van der Waals surface area contributed by atoms with Gasteiger partial charge in [-0.1, -0.05) is 11.6 Å². The van der Waals surface area contributed by atoms with Crippen LogP contribution >= 0.6 is 23.5 Å². The predicted molar refractivity (Wildman–Crippen MR) is 118 cm³/mol. The zero-order valence-corrected chi connectivity index (χ0v) is 18.5. The summed E-state index contributed by atoms with van der Waals surface area (Å²) in [5, 5.41) is 0.127. The second-order valence-electron chi connectivity index (χ2n) is 6.81. The van der Waals surface area contributed by atoms with E-state index in [0.717, 1.165) is 18.0 Å². The lowest BCUT2D eigenvalue weighted by atomic mass is 10.1. The first-order valence-corrected chi connectivity index (χ1v) is 10.6. The molecular weight excluding hydrogens is 479 g/mol. The molecule has 3 aromatic heterocycles. The van der Waals surface area contributed by atoms with Crippen LogP contribution in [0.15, 0.2) is 53.9 Å². The lowest BCUT2D eigenvalue weighted by molar-refractivity contribution is -0.137. The third-order valence-electron chi connectivity index (χ3n) is 4.56. The van der Waals surface area contributed by atoms with Crippen LogP contribution in [-0.2, 0) is 17.5 Å². The Hall–Kier alpha value is -3.15. The second kappa shape index (κ2) is 9.38. The van der Waals surface area contributed by atoms with Crippen LogP contribution in [0.5, 0.6) is 0 Å². The number of carbonyl (C=O) groups is 1. The number of alkyl halides is 3. The smallest absolute Gasteiger partial charge is 0.380 e. The first-order chi connectivity index (χ1) is 15.8. The van der Waals surface area contributed by atoms with E-state index in [4.69, 9.17) is 16.3 Å². The number of fused-ring (bicyclic) bond motifs is 1. The van der Waals surface area contributed by atoms with E-state index in [1.165, 1.54) is 31.8 Å². The third-order valence-corrected chi connectivity index (χ3v) is 5.70. The summed E-state index contributed by atoms with van der Waals surface area (Å²) in [4.78, 5) is 28.9. The molecule has 33 heavy (non-hydrogen) atoms. The molecular formula is C21H15ClF3N5O2S. The highest BCUT2D eigenvalue weighted by Gasteiger charge is 2.33. The third kappa shape index (κ3) is 4.95. The Balaban J connectivity index is 1.68. The second-order valence-corrected chi connectivity index (χ2v) is 8.09. The topological polar surface area (TPSA) is 92.8 Å². The fourth-order valence-corrected chi connectivity index (χ4v) is 4.00. The number of pyridine rings is 1. The van der Waals surface area contributed by atoms with E-state index in [-0.39, 0.29) is 22.9 Å². The summed E-state index contributed by atoms with van der Waals surface area (Å²) in [6.45, 7) is 0.232. The van der Waals surface area contributed by atoms with Crippen LogP contribution in [0.25, 0.3) is 11.0 Å². The number of nitrogens with zero attached hydrogens (tertiary/aromatic N) is 3. The van der Waals surface area contributed by atoms with Gasteiger partial charge in [0.25, 0.3) is 0 Å². The number of H-pyrrole nitrogens is 1. The summed E-state index contributed by atoms with van der Waals surface area (Å²) < 4.78 is 47.6. The molecule has 0 fully saturated rings. The highest BCUT2D eigenvalue weighted by atomic mass is 35.5. The molecule has 0 aliphatic rings. The monoisotopic (exact) mass is 493 g/mol. The molecule has 0 aliphatic carbocycles. The van der Waals surface area contributed by atoms with Crippen LogP contribution in [0.4, 0.5) is 18.9 Å². The summed E-state index contributed by atoms with van der Waals surface area (Å²) in [6, 6.07) is 6.87. The number of methoxy groups -OCH3 is 1. The van der Waals surface area contributed by atoms with Gasteiger partial charge in [0, 0.05) is 29.8 Å². The number of ketones is 1. The van der Waals surface area contributed by atoms with Gasteiger partial charge in [0.1, 0.15) is 23.4 Å². The Morgan fingerprint density at radius 2 is 2.00 bits per heavy atom. The molecule has 0 bridgehead atoms. The fourth-order valence-electron chi connectivity index (χ4n) is 3.08. The van der Waals surface area contributed by atoms with Gasteiger partial charge in [0.2, 0.25) is 5.78 Å². The molecule has 0 unspecified atom stereocenters. The number of carbonyl (C=O) groups excluding carboxylic acids is 1. The zero-order valence-electron chi connectivity index (χ0n) is 16.9. The van der Waals surface area contributed by atoms with Gasteiger partial charge in [0.05, 0.1) is 22.9 Å². The van der Waals surface area contributed by atoms with Crippen molar-refractivity contribution in [2.75, 3.05) is 11.8 Å². The quantitative estimate of drug-likeness (QED) is 0.258. The van der Waals surface area contributed by atoms with E-state index in [2.05, 4.69) is 24.7 Å². The fraction of sp³-hybridized carbons (Fsp3) is 0.143. The van der Waals surface area contributed by atoms with Crippen molar-refractivity contribution < 1.29 is 22.7 Å². The molecule has 4 rings (SSSR count). The minimum absolute atomic E-state index is 0.0496. The highest BCUT2D eigenvalue weighted by Crippen LogP contribution is 2.37. The Kier molecular flexibility index (Phi) is 6.54. The van der Waals surface area contributed by atoms with Crippen molar-refractivity contribution in [1.29, 1.82) is 0 Å². The molecule has 12 heteroatoms. The number of ether oxygens (including phenoxy) is 1. The number of hydrogen-bond donors (Lipinski definition) is 2. The standard InChI is InChI=1S/C21H15ClF3N5O2S/c1-32-9-11-6-16(30-33-12-2-3-15(22)14(7-12)21(23,24)25)18(27-8-11)19(31)17-13-4-5-26-20(13)29-10-28-17/h2-8,10,30H,9H2,1H3,(H,26,28,29). The number of anilines is 1. The molecule has 170 valence electrons. The van der Waals surface area contributed by atoms with Crippen molar-refractivity contribution in [3.63, 3.8) is 0 Å². The molecule has 0 radical (unpaired) electrons. The van der Waals surface area contributed by atoms with Crippen LogP contribution in [0.2, 0.25) is 5.02 Å². The lowest BCUT2D eigenvalue weighted by Gasteiger charge is -2.14. The molecule has 1 aromatic carbocycles. The van der Waals surface area contributed by atoms with Crippen molar-refractivity contribution >= 4 is 46.1 Å². The molecule has 4 aromatic rings. The van der Waals surface area contributed by atoms with Gasteiger partial charge in [-0.2, -0.15) is 13.2 Å². The molecule has 2 N–H and O–H groups in total. The predicted octanol–water partition coefficient (Wildman–Crippen LogP) is 5.52. The van der Waals surface area contributed by atoms with Gasteiger partial charge in [-0.3, -0.25) is 9.78 Å². The van der Waals surface area contributed by atoms with Crippen LogP contribution in [0.1, 0.15) is 27.3 Å². The number of rotatable bonds is 7. The van der Waals surface area contributed by atoms with Gasteiger partial charge < -0.3 is 14.4 Å². The summed E-state index contributed by atoms with van der Waals surface area (Å²) in [5.41, 5.74) is 0.702. The van der Waals surface area contributed by atoms with Crippen LogP contribution < -0.4 is 4.72 Å². The maximum Gasteiger partial charge on any atom is 0.417 e. The Labute approximate surface area is 194 Å². The number of halogens is 4. The van der Waals surface area contributed by atoms with Crippen LogP contribution in [0.3, 0.4) is 0 Å². The van der Waals surface area contributed by atoms with Crippen molar-refractivity contribution in [1.82, 2.24) is 19.9 Å². The average molecular weight is 494 g/mol. The number of hydrogen-bond acceptors (Lipinski definition) is 7. The Morgan fingerprint density at radius 3 is 2.76 bits per heavy atom. The normalized spacial score (nSPS) is 11.7. The number of benzene rings is 1. The van der Waals surface area contributed by atoms with Crippen molar-refractivity contribution in [3.05, 3.63) is 76.6 Å². The minimum atomic E-state index is -4.59. The maximum atomic E-state index is 13.3. The van der Waals surface area contributed by atoms with Gasteiger partial charge in [-0.25, -0.2) is 9.97 Å². The largest absolute Gasteiger partial charge is 0.417 e. The van der Waals surface area contributed by atoms with Gasteiger partial charge >= 0.3 is 6.18 Å². The van der Waals surface area contributed by atoms with Crippen molar-refractivity contribution in [3.8, 4) is 0 Å². The number of nitrogens with one attached hydrogen (secondary N) is 2. The lowest BCUT2D eigenvalue weighted by Crippen LogP contribution is -2.11. The molecule has 0 amide bonds. The van der Waals surface area contributed by atoms with Crippen molar-refractivity contribution in [2.24, 2.45) is 0 Å². The number of aromatic amines is 1. The summed E-state index contributed by atoms with van der Waals surface area (Å²) >= 11 is 6.58. The maximum absolute atomic E-state index is 13.3. The first-order valence-electron chi connectivity index (χ1n) is 9.38. The molecule has 0 atom stereocenters. The van der Waals surface area contributed by atoms with E-state index in [9.17, 15) is 18.0 Å². The molecule has 0 saturated heterocycles. The molecule has 7 nitrogen and oxygen atoms in total. The van der Waals surface area contributed by atoms with E-state index in [0.29, 0.717) is 22.3 Å². The van der Waals surface area contributed by atoms with Gasteiger partial charge in [-0.15, -0.1) is 0 Å². The first kappa shape index (κ1) is 23.0. The zero-order chi connectivity index (χ0) is 23.6. The minimum Gasteiger partial charge on any atom is -0.380 e. The van der Waals surface area contributed by atoms with E-state index >= 15 is 0 Å². The molecule has 3 heterocycles. The van der Waals surface area contributed by atoms with E-state index in [1.54, 1.807) is 18.3 Å². The highest BCUT2D eigenvalue weighted by molar-refractivity contribution is 8.00. The average Bonchev–Trinajstić information content (AvgIpc) is 3.27. The summed E-state index contributed by atoms with van der Waals surface area (Å²) in [7, 11) is 1.51. The molecule has 0 spiro atoms. The Morgan fingerprint density at radius 1 is 1.18 bits per heavy atom.